The van der Waals surface area contributed by atoms with E-state index in [1.807, 2.05) is 4.68 Å². The Hall–Kier alpha value is -1.40. The zero-order valence-corrected chi connectivity index (χ0v) is 10.9. The lowest BCUT2D eigenvalue weighted by molar-refractivity contribution is 0.0534. The maximum absolute atomic E-state index is 12.5. The number of aliphatic hydroxyl groups excluding tert-OH is 1. The summed E-state index contributed by atoms with van der Waals surface area (Å²) in [5.74, 6) is -0.0345. The Morgan fingerprint density at radius 3 is 3.21 bits per heavy atom. The summed E-state index contributed by atoms with van der Waals surface area (Å²) in [6, 6.07) is 0. The maximum Gasteiger partial charge on any atom is 0.257 e. The topological polar surface area (TPSA) is 67.6 Å². The van der Waals surface area contributed by atoms with Crippen LogP contribution < -0.4 is 0 Å². The van der Waals surface area contributed by atoms with E-state index >= 15 is 0 Å². The predicted molar refractivity (Wildman–Crippen MR) is 67.9 cm³/mol. The number of hydrogen-bond acceptors (Lipinski definition) is 4. The van der Waals surface area contributed by atoms with Gasteiger partial charge in [0.15, 0.2) is 0 Å². The molecule has 1 fully saturated rings. The number of rotatable bonds is 1. The van der Waals surface area contributed by atoms with E-state index in [9.17, 15) is 9.90 Å². The van der Waals surface area contributed by atoms with Crippen LogP contribution in [0.15, 0.2) is 6.20 Å². The highest BCUT2D eigenvalue weighted by atomic mass is 16.5. The molecule has 0 unspecified atom stereocenters. The summed E-state index contributed by atoms with van der Waals surface area (Å²) in [6.07, 6.45) is 4.21. The van der Waals surface area contributed by atoms with Crippen molar-refractivity contribution in [3.63, 3.8) is 0 Å². The fourth-order valence-electron chi connectivity index (χ4n) is 2.75. The summed E-state index contributed by atoms with van der Waals surface area (Å²) in [5, 5.41) is 14.0. The monoisotopic (exact) mass is 265 g/mol. The normalized spacial score (nSPS) is 23.8. The number of β-amino-alcohol motifs (C(OH)–C–C–N with tert-alkyl or cyclic N) is 1. The molecule has 1 amide bonds. The van der Waals surface area contributed by atoms with E-state index in [0.717, 1.165) is 31.5 Å². The van der Waals surface area contributed by atoms with Gasteiger partial charge in [0.25, 0.3) is 5.91 Å². The molecule has 1 aromatic heterocycles. The smallest absolute Gasteiger partial charge is 0.257 e. The Morgan fingerprint density at radius 1 is 1.42 bits per heavy atom. The fraction of sp³-hybridized carbons (Fsp3) is 0.692. The number of hydrogen-bond donors (Lipinski definition) is 1. The first-order chi connectivity index (χ1) is 9.25. The van der Waals surface area contributed by atoms with Crippen molar-refractivity contribution in [1.29, 1.82) is 0 Å². The molecule has 3 heterocycles. The number of aryl methyl sites for hydroxylation is 1. The van der Waals surface area contributed by atoms with Crippen molar-refractivity contribution in [2.75, 3.05) is 26.3 Å². The molecular formula is C13H19N3O3. The van der Waals surface area contributed by atoms with Crippen molar-refractivity contribution >= 4 is 5.91 Å². The summed E-state index contributed by atoms with van der Waals surface area (Å²) in [5.41, 5.74) is 1.73. The van der Waals surface area contributed by atoms with Crippen LogP contribution in [-0.4, -0.2) is 58.1 Å². The number of carbonyl (C=O) groups is 1. The molecule has 3 rings (SSSR count). The van der Waals surface area contributed by atoms with Crippen molar-refractivity contribution in [3.8, 4) is 0 Å². The molecule has 2 aliphatic heterocycles. The Kier molecular flexibility index (Phi) is 3.52. The van der Waals surface area contributed by atoms with Crippen LogP contribution in [0, 0.1) is 0 Å². The van der Waals surface area contributed by atoms with Gasteiger partial charge in [-0.3, -0.25) is 9.48 Å². The van der Waals surface area contributed by atoms with Gasteiger partial charge in [0.2, 0.25) is 0 Å². The molecule has 0 bridgehead atoms. The molecule has 0 saturated carbocycles. The van der Waals surface area contributed by atoms with E-state index in [2.05, 4.69) is 5.10 Å². The van der Waals surface area contributed by atoms with Crippen molar-refractivity contribution < 1.29 is 14.6 Å². The lowest BCUT2D eigenvalue weighted by Crippen LogP contribution is -2.38. The molecular weight excluding hydrogens is 246 g/mol. The first-order valence-electron chi connectivity index (χ1n) is 6.85. The molecule has 0 spiro atoms. The molecule has 1 N–H and O–H groups in total. The largest absolute Gasteiger partial charge is 0.389 e. The minimum absolute atomic E-state index is 0.0345. The van der Waals surface area contributed by atoms with Gasteiger partial charge in [0.1, 0.15) is 0 Å². The predicted octanol–water partition coefficient (Wildman–Crippen LogP) is 0.0527. The lowest BCUT2D eigenvalue weighted by Gasteiger charge is -2.22. The van der Waals surface area contributed by atoms with Gasteiger partial charge in [-0.1, -0.05) is 0 Å². The van der Waals surface area contributed by atoms with Gasteiger partial charge in [0, 0.05) is 19.6 Å². The van der Waals surface area contributed by atoms with E-state index in [0.29, 0.717) is 31.9 Å². The average molecular weight is 265 g/mol. The second kappa shape index (κ2) is 5.30. The highest BCUT2D eigenvalue weighted by Gasteiger charge is 2.26. The van der Waals surface area contributed by atoms with Crippen molar-refractivity contribution in [3.05, 3.63) is 17.5 Å². The number of aromatic nitrogens is 2. The van der Waals surface area contributed by atoms with Gasteiger partial charge >= 0.3 is 0 Å². The standard InChI is InChI=1S/C13H19N3O3/c17-10-8-15(5-6-19-9-10)13(18)11-7-14-16-4-2-1-3-12(11)16/h7,10,17H,1-6,8-9H2/t10-/m0/s1. The minimum Gasteiger partial charge on any atom is -0.389 e. The summed E-state index contributed by atoms with van der Waals surface area (Å²) in [7, 11) is 0. The molecule has 1 atom stereocenters. The van der Waals surface area contributed by atoms with E-state index < -0.39 is 6.10 Å². The Labute approximate surface area is 112 Å². The second-order valence-electron chi connectivity index (χ2n) is 5.17. The zero-order valence-electron chi connectivity index (χ0n) is 10.9. The highest BCUT2D eigenvalue weighted by molar-refractivity contribution is 5.95. The molecule has 0 aliphatic carbocycles. The van der Waals surface area contributed by atoms with Gasteiger partial charge in [0.05, 0.1) is 36.8 Å². The van der Waals surface area contributed by atoms with E-state index in [-0.39, 0.29) is 5.91 Å². The molecule has 0 radical (unpaired) electrons. The molecule has 2 aliphatic rings. The maximum atomic E-state index is 12.5. The van der Waals surface area contributed by atoms with Gasteiger partial charge in [-0.25, -0.2) is 0 Å². The van der Waals surface area contributed by atoms with Gasteiger partial charge in [-0.05, 0) is 19.3 Å². The number of ether oxygens (including phenoxy) is 1. The molecule has 1 aromatic rings. The first kappa shape index (κ1) is 12.6. The third-order valence-electron chi connectivity index (χ3n) is 3.75. The van der Waals surface area contributed by atoms with Crippen LogP contribution in [0.5, 0.6) is 0 Å². The van der Waals surface area contributed by atoms with Gasteiger partial charge < -0.3 is 14.7 Å². The lowest BCUT2D eigenvalue weighted by atomic mass is 10.1. The molecule has 1 saturated heterocycles. The van der Waals surface area contributed by atoms with Crippen molar-refractivity contribution in [2.45, 2.75) is 31.9 Å². The quantitative estimate of drug-likeness (QED) is 0.779. The zero-order chi connectivity index (χ0) is 13.2. The number of nitrogens with zero attached hydrogens (tertiary/aromatic N) is 3. The number of aliphatic hydroxyl groups is 1. The summed E-state index contributed by atoms with van der Waals surface area (Å²) >= 11 is 0. The average Bonchev–Trinajstić information content (AvgIpc) is 2.73. The minimum atomic E-state index is -0.599. The van der Waals surface area contributed by atoms with Crippen molar-refractivity contribution in [2.24, 2.45) is 0 Å². The molecule has 0 aromatic carbocycles. The van der Waals surface area contributed by atoms with Gasteiger partial charge in [-0.2, -0.15) is 5.10 Å². The third kappa shape index (κ3) is 2.50. The number of carbonyl (C=O) groups excluding carboxylic acids is 1. The van der Waals surface area contributed by atoms with Crippen LogP contribution in [0.1, 0.15) is 28.9 Å². The molecule has 6 heteroatoms. The SMILES string of the molecule is O=C(c1cnn2c1CCCC2)N1CCOC[C@@H](O)C1. The fourth-order valence-corrected chi connectivity index (χ4v) is 2.75. The van der Waals surface area contributed by atoms with Crippen LogP contribution in [-0.2, 0) is 17.7 Å². The Morgan fingerprint density at radius 2 is 2.32 bits per heavy atom. The van der Waals surface area contributed by atoms with E-state index in [1.54, 1.807) is 11.1 Å². The van der Waals surface area contributed by atoms with Crippen LogP contribution >= 0.6 is 0 Å². The van der Waals surface area contributed by atoms with Crippen LogP contribution in [0.25, 0.3) is 0 Å². The Balaban J connectivity index is 1.81. The van der Waals surface area contributed by atoms with Crippen molar-refractivity contribution in [1.82, 2.24) is 14.7 Å². The van der Waals surface area contributed by atoms with Gasteiger partial charge in [-0.15, -0.1) is 0 Å². The number of amides is 1. The molecule has 19 heavy (non-hydrogen) atoms. The number of fused-ring (bicyclic) bond motifs is 1. The van der Waals surface area contributed by atoms with Crippen LogP contribution in [0.3, 0.4) is 0 Å². The molecule has 104 valence electrons. The van der Waals surface area contributed by atoms with E-state index in [4.69, 9.17) is 4.74 Å². The third-order valence-corrected chi connectivity index (χ3v) is 3.75. The summed E-state index contributed by atoms with van der Waals surface area (Å²) < 4.78 is 7.18. The van der Waals surface area contributed by atoms with Crippen LogP contribution in [0.4, 0.5) is 0 Å². The summed E-state index contributed by atoms with van der Waals surface area (Å²) in [6.45, 7) is 2.54. The molecule has 6 nitrogen and oxygen atoms in total. The summed E-state index contributed by atoms with van der Waals surface area (Å²) in [4.78, 5) is 14.2. The Bertz CT molecular complexity index is 472. The van der Waals surface area contributed by atoms with Crippen LogP contribution in [0.2, 0.25) is 0 Å². The highest BCUT2D eigenvalue weighted by Crippen LogP contribution is 2.20. The first-order valence-corrected chi connectivity index (χ1v) is 6.85. The second-order valence-corrected chi connectivity index (χ2v) is 5.17. The van der Waals surface area contributed by atoms with E-state index in [1.165, 1.54) is 0 Å².